The fraction of sp³-hybridized carbons (Fsp3) is 0.438. The van der Waals surface area contributed by atoms with Crippen LogP contribution in [-0.2, 0) is 14.3 Å². The van der Waals surface area contributed by atoms with Crippen LogP contribution in [0.1, 0.15) is 19.4 Å². The Bertz CT molecular complexity index is 619. The number of carbonyl (C=O) groups is 1. The predicted octanol–water partition coefficient (Wildman–Crippen LogP) is 2.39. The van der Waals surface area contributed by atoms with Gasteiger partial charge in [0.25, 0.3) is 5.69 Å². The van der Waals surface area contributed by atoms with Gasteiger partial charge >= 0.3 is 5.97 Å². The van der Waals surface area contributed by atoms with Crippen molar-refractivity contribution in [2.24, 2.45) is 0 Å². The minimum absolute atomic E-state index is 0.0113. The summed E-state index contributed by atoms with van der Waals surface area (Å²) in [6, 6.07) is 4.91. The number of benzene rings is 1. The van der Waals surface area contributed by atoms with Crippen LogP contribution < -0.4 is 4.90 Å². The van der Waals surface area contributed by atoms with Crippen LogP contribution in [-0.4, -0.2) is 43.3 Å². The Morgan fingerprint density at radius 1 is 1.39 bits per heavy atom. The third-order valence-electron chi connectivity index (χ3n) is 3.57. The van der Waals surface area contributed by atoms with Gasteiger partial charge in [-0.1, -0.05) is 6.07 Å². The molecule has 1 aliphatic heterocycles. The Balaban J connectivity index is 2.31. The van der Waals surface area contributed by atoms with E-state index in [1.165, 1.54) is 25.3 Å². The van der Waals surface area contributed by atoms with Gasteiger partial charge in [-0.15, -0.1) is 0 Å². The molecule has 2 atom stereocenters. The van der Waals surface area contributed by atoms with Crippen LogP contribution in [0.2, 0.25) is 0 Å². The molecule has 0 spiro atoms. The molecule has 0 amide bonds. The van der Waals surface area contributed by atoms with Crippen LogP contribution in [0.4, 0.5) is 11.4 Å². The molecule has 1 aliphatic rings. The first kappa shape index (κ1) is 17.0. The first-order valence-electron chi connectivity index (χ1n) is 7.35. The monoisotopic (exact) mass is 320 g/mol. The van der Waals surface area contributed by atoms with Gasteiger partial charge in [0.1, 0.15) is 5.69 Å². The Morgan fingerprint density at radius 3 is 2.61 bits per heavy atom. The zero-order valence-corrected chi connectivity index (χ0v) is 13.4. The molecule has 7 nitrogen and oxygen atoms in total. The lowest BCUT2D eigenvalue weighted by Gasteiger charge is -2.36. The molecular weight excluding hydrogens is 300 g/mol. The van der Waals surface area contributed by atoms with Gasteiger partial charge < -0.3 is 14.4 Å². The molecule has 0 aliphatic carbocycles. The number of methoxy groups -OCH3 is 1. The van der Waals surface area contributed by atoms with E-state index in [4.69, 9.17) is 4.74 Å². The molecule has 1 aromatic rings. The third kappa shape index (κ3) is 4.29. The van der Waals surface area contributed by atoms with Crippen molar-refractivity contribution in [1.29, 1.82) is 0 Å². The van der Waals surface area contributed by atoms with E-state index in [9.17, 15) is 14.9 Å². The Hall–Kier alpha value is -2.41. The summed E-state index contributed by atoms with van der Waals surface area (Å²) in [7, 11) is 1.28. The summed E-state index contributed by atoms with van der Waals surface area (Å²) in [5, 5.41) is 11.4. The first-order chi connectivity index (χ1) is 10.9. The number of ether oxygens (including phenoxy) is 2. The highest BCUT2D eigenvalue weighted by molar-refractivity contribution is 5.87. The number of hydrogen-bond donors (Lipinski definition) is 0. The molecule has 2 unspecified atom stereocenters. The molecule has 0 radical (unpaired) electrons. The van der Waals surface area contributed by atoms with E-state index in [1.54, 1.807) is 12.1 Å². The van der Waals surface area contributed by atoms with E-state index in [2.05, 4.69) is 4.74 Å². The van der Waals surface area contributed by atoms with Gasteiger partial charge in [0, 0.05) is 25.2 Å². The SMILES string of the molecule is COC(=O)/C=C/c1ccc(N2CC(C)OC(C)C2)c([N+](=O)[O-])c1. The zero-order valence-electron chi connectivity index (χ0n) is 13.4. The lowest BCUT2D eigenvalue weighted by molar-refractivity contribution is -0.384. The number of morpholine rings is 1. The second-order valence-corrected chi connectivity index (χ2v) is 5.52. The van der Waals surface area contributed by atoms with Crippen molar-refractivity contribution in [2.75, 3.05) is 25.1 Å². The molecule has 0 bridgehead atoms. The Kier molecular flexibility index (Phi) is 5.33. The van der Waals surface area contributed by atoms with Gasteiger partial charge in [-0.2, -0.15) is 0 Å². The van der Waals surface area contributed by atoms with Crippen LogP contribution in [0.25, 0.3) is 6.08 Å². The van der Waals surface area contributed by atoms with E-state index in [0.717, 1.165) is 0 Å². The molecule has 1 fully saturated rings. The topological polar surface area (TPSA) is 81.9 Å². The van der Waals surface area contributed by atoms with E-state index in [-0.39, 0.29) is 17.9 Å². The van der Waals surface area contributed by atoms with Crippen molar-refractivity contribution >= 4 is 23.4 Å². The van der Waals surface area contributed by atoms with Crippen LogP contribution >= 0.6 is 0 Å². The normalized spacial score (nSPS) is 21.4. The van der Waals surface area contributed by atoms with Crippen molar-refractivity contribution < 1.29 is 19.2 Å². The quantitative estimate of drug-likeness (QED) is 0.367. The molecule has 124 valence electrons. The van der Waals surface area contributed by atoms with Gasteiger partial charge in [0.15, 0.2) is 0 Å². The van der Waals surface area contributed by atoms with E-state index in [0.29, 0.717) is 24.3 Å². The van der Waals surface area contributed by atoms with Gasteiger partial charge in [-0.05, 0) is 31.6 Å². The number of anilines is 1. The maximum Gasteiger partial charge on any atom is 0.330 e. The minimum atomic E-state index is -0.507. The number of hydrogen-bond acceptors (Lipinski definition) is 6. The van der Waals surface area contributed by atoms with E-state index in [1.807, 2.05) is 18.7 Å². The van der Waals surface area contributed by atoms with Crippen LogP contribution in [0.15, 0.2) is 24.3 Å². The van der Waals surface area contributed by atoms with Crippen molar-refractivity contribution in [3.63, 3.8) is 0 Å². The van der Waals surface area contributed by atoms with Crippen LogP contribution in [0.5, 0.6) is 0 Å². The number of rotatable bonds is 4. The number of nitro benzene ring substituents is 1. The smallest absolute Gasteiger partial charge is 0.330 e. The lowest BCUT2D eigenvalue weighted by Crippen LogP contribution is -2.45. The Labute approximate surface area is 134 Å². The largest absolute Gasteiger partial charge is 0.466 e. The van der Waals surface area contributed by atoms with E-state index < -0.39 is 10.9 Å². The molecule has 23 heavy (non-hydrogen) atoms. The maximum absolute atomic E-state index is 11.4. The summed E-state index contributed by atoms with van der Waals surface area (Å²) in [6.07, 6.45) is 2.75. The molecule has 1 heterocycles. The highest BCUT2D eigenvalue weighted by Gasteiger charge is 2.27. The molecule has 0 saturated carbocycles. The van der Waals surface area contributed by atoms with Gasteiger partial charge in [-0.25, -0.2) is 4.79 Å². The number of esters is 1. The predicted molar refractivity (Wildman–Crippen MR) is 86.4 cm³/mol. The highest BCUT2D eigenvalue weighted by Crippen LogP contribution is 2.31. The van der Waals surface area contributed by atoms with Crippen molar-refractivity contribution in [3.8, 4) is 0 Å². The minimum Gasteiger partial charge on any atom is -0.466 e. The Morgan fingerprint density at radius 2 is 2.04 bits per heavy atom. The van der Waals surface area contributed by atoms with E-state index >= 15 is 0 Å². The molecular formula is C16H20N2O5. The second kappa shape index (κ2) is 7.23. The third-order valence-corrected chi connectivity index (χ3v) is 3.57. The summed E-state index contributed by atoms with van der Waals surface area (Å²) < 4.78 is 10.2. The summed E-state index contributed by atoms with van der Waals surface area (Å²) >= 11 is 0. The molecule has 1 saturated heterocycles. The summed E-state index contributed by atoms with van der Waals surface area (Å²) in [4.78, 5) is 24.1. The van der Waals surface area contributed by atoms with Crippen LogP contribution in [0.3, 0.4) is 0 Å². The summed E-state index contributed by atoms with van der Waals surface area (Å²) in [5.74, 6) is -0.507. The van der Waals surface area contributed by atoms with Crippen molar-refractivity contribution in [2.45, 2.75) is 26.1 Å². The molecule has 1 aromatic carbocycles. The van der Waals surface area contributed by atoms with Gasteiger partial charge in [0.2, 0.25) is 0 Å². The standard InChI is InChI=1S/C16H20N2O5/c1-11-9-17(10-12(2)23-11)14-6-4-13(5-7-16(19)22-3)8-15(14)18(20)21/h4-8,11-12H,9-10H2,1-3H3/b7-5+. The second-order valence-electron chi connectivity index (χ2n) is 5.52. The fourth-order valence-corrected chi connectivity index (χ4v) is 2.66. The van der Waals surface area contributed by atoms with Crippen molar-refractivity contribution in [1.82, 2.24) is 0 Å². The number of nitro groups is 1. The van der Waals surface area contributed by atoms with Crippen LogP contribution in [0, 0.1) is 10.1 Å². The molecule has 7 heteroatoms. The van der Waals surface area contributed by atoms with Crippen molar-refractivity contribution in [3.05, 3.63) is 40.0 Å². The van der Waals surface area contributed by atoms with Gasteiger partial charge in [0.05, 0.1) is 24.2 Å². The maximum atomic E-state index is 11.4. The average Bonchev–Trinajstić information content (AvgIpc) is 2.51. The average molecular weight is 320 g/mol. The lowest BCUT2D eigenvalue weighted by atomic mass is 10.1. The summed E-state index contributed by atoms with van der Waals surface area (Å²) in [6.45, 7) is 5.09. The molecule has 2 rings (SSSR count). The summed E-state index contributed by atoms with van der Waals surface area (Å²) in [5.41, 5.74) is 1.14. The van der Waals surface area contributed by atoms with Gasteiger partial charge in [-0.3, -0.25) is 10.1 Å². The molecule has 0 N–H and O–H groups in total. The zero-order chi connectivity index (χ0) is 17.0. The number of carbonyl (C=O) groups excluding carboxylic acids is 1. The first-order valence-corrected chi connectivity index (χ1v) is 7.35. The number of nitrogens with zero attached hydrogens (tertiary/aromatic N) is 2. The molecule has 0 aromatic heterocycles. The highest BCUT2D eigenvalue weighted by atomic mass is 16.6. The fourth-order valence-electron chi connectivity index (χ4n) is 2.66.